The molecule has 1 N–H and O–H groups in total. The molecule has 0 saturated heterocycles. The molecule has 6 heteroatoms. The van der Waals surface area contributed by atoms with Crippen LogP contribution in [0.1, 0.15) is 5.56 Å². The summed E-state index contributed by atoms with van der Waals surface area (Å²) in [5.74, 6) is 0.144. The average molecular weight is 337 g/mol. The van der Waals surface area contributed by atoms with E-state index in [-0.39, 0.29) is 18.3 Å². The maximum absolute atomic E-state index is 13.0. The fourth-order valence-corrected chi connectivity index (χ4v) is 2.37. The van der Waals surface area contributed by atoms with Crippen molar-refractivity contribution in [3.05, 3.63) is 58.9 Å². The number of benzene rings is 2. The van der Waals surface area contributed by atoms with Crippen LogP contribution in [-0.4, -0.2) is 31.5 Å². The van der Waals surface area contributed by atoms with Crippen LogP contribution in [0, 0.1) is 5.82 Å². The summed E-state index contributed by atoms with van der Waals surface area (Å²) in [5, 5.41) is 3.16. The van der Waals surface area contributed by atoms with E-state index < -0.39 is 0 Å². The Bertz CT molecular complexity index is 694. The van der Waals surface area contributed by atoms with Gasteiger partial charge in [-0.15, -0.1) is 0 Å². The first-order valence-corrected chi connectivity index (χ1v) is 7.42. The lowest BCUT2D eigenvalue weighted by Crippen LogP contribution is -2.29. The van der Waals surface area contributed by atoms with Gasteiger partial charge in [0, 0.05) is 23.3 Å². The van der Waals surface area contributed by atoms with E-state index in [2.05, 4.69) is 5.32 Å². The molecule has 1 amide bonds. The molecule has 0 heterocycles. The minimum absolute atomic E-state index is 0.154. The summed E-state index contributed by atoms with van der Waals surface area (Å²) in [4.78, 5) is 13.9. The Kier molecular flexibility index (Phi) is 5.96. The van der Waals surface area contributed by atoms with Crippen LogP contribution in [0.15, 0.2) is 42.5 Å². The standard InChI is InChI=1S/C17H18ClFN2O2/c1-21(10-12-6-7-13(19)8-16(12)18)11-17(22)20-14-4-3-5-15(9-14)23-2/h3-9H,10-11H2,1-2H3,(H,20,22). The minimum atomic E-state index is -0.378. The fraction of sp³-hybridized carbons (Fsp3) is 0.235. The van der Waals surface area contributed by atoms with Crippen molar-refractivity contribution in [3.63, 3.8) is 0 Å². The molecule has 2 rings (SSSR count). The number of nitrogens with one attached hydrogen (secondary N) is 1. The van der Waals surface area contributed by atoms with Gasteiger partial charge in [-0.1, -0.05) is 23.7 Å². The normalized spacial score (nSPS) is 10.7. The number of halogens is 2. The van der Waals surface area contributed by atoms with Gasteiger partial charge in [-0.2, -0.15) is 0 Å². The summed E-state index contributed by atoms with van der Waals surface area (Å²) >= 11 is 5.99. The zero-order chi connectivity index (χ0) is 16.8. The summed E-state index contributed by atoms with van der Waals surface area (Å²) in [5.41, 5.74) is 1.44. The van der Waals surface area contributed by atoms with Gasteiger partial charge >= 0.3 is 0 Å². The Morgan fingerprint density at radius 3 is 2.78 bits per heavy atom. The van der Waals surface area contributed by atoms with Gasteiger partial charge < -0.3 is 10.1 Å². The number of nitrogens with zero attached hydrogens (tertiary/aromatic N) is 1. The third-order valence-corrected chi connectivity index (χ3v) is 3.57. The molecule has 4 nitrogen and oxygen atoms in total. The molecular formula is C17H18ClFN2O2. The number of ether oxygens (including phenoxy) is 1. The van der Waals surface area contributed by atoms with E-state index in [0.29, 0.717) is 23.0 Å². The first kappa shape index (κ1) is 17.2. The van der Waals surface area contributed by atoms with Gasteiger partial charge in [-0.25, -0.2) is 4.39 Å². The van der Waals surface area contributed by atoms with Crippen molar-refractivity contribution in [2.75, 3.05) is 26.0 Å². The molecule has 0 aromatic heterocycles. The molecular weight excluding hydrogens is 319 g/mol. The largest absolute Gasteiger partial charge is 0.497 e. The molecule has 0 fully saturated rings. The molecule has 0 spiro atoms. The zero-order valence-corrected chi connectivity index (χ0v) is 13.7. The number of methoxy groups -OCH3 is 1. The molecule has 0 aliphatic heterocycles. The molecule has 2 aromatic rings. The van der Waals surface area contributed by atoms with E-state index in [1.807, 2.05) is 0 Å². The Labute approximate surface area is 139 Å². The molecule has 122 valence electrons. The second-order valence-corrected chi connectivity index (χ2v) is 5.60. The number of carbonyl (C=O) groups is 1. The van der Waals surface area contributed by atoms with Crippen molar-refractivity contribution in [2.24, 2.45) is 0 Å². The fourth-order valence-electron chi connectivity index (χ4n) is 2.14. The highest BCUT2D eigenvalue weighted by Crippen LogP contribution is 2.19. The summed E-state index contributed by atoms with van der Waals surface area (Å²) < 4.78 is 18.1. The Balaban J connectivity index is 1.91. The van der Waals surface area contributed by atoms with Crippen LogP contribution in [0.4, 0.5) is 10.1 Å². The van der Waals surface area contributed by atoms with Gasteiger partial charge in [0.2, 0.25) is 5.91 Å². The SMILES string of the molecule is COc1cccc(NC(=O)CN(C)Cc2ccc(F)cc2Cl)c1. The molecule has 2 aromatic carbocycles. The van der Waals surface area contributed by atoms with Gasteiger partial charge in [0.05, 0.1) is 13.7 Å². The molecule has 0 saturated carbocycles. The predicted octanol–water partition coefficient (Wildman–Crippen LogP) is 3.56. The smallest absolute Gasteiger partial charge is 0.238 e. The lowest BCUT2D eigenvalue weighted by Gasteiger charge is -2.17. The van der Waals surface area contributed by atoms with Crippen LogP contribution in [-0.2, 0) is 11.3 Å². The van der Waals surface area contributed by atoms with Crippen molar-refractivity contribution >= 4 is 23.2 Å². The highest BCUT2D eigenvalue weighted by atomic mass is 35.5. The summed E-state index contributed by atoms with van der Waals surface area (Å²) in [7, 11) is 3.37. The Morgan fingerprint density at radius 2 is 2.09 bits per heavy atom. The molecule has 0 atom stereocenters. The maximum Gasteiger partial charge on any atom is 0.238 e. The van der Waals surface area contributed by atoms with Gasteiger partial charge in [-0.3, -0.25) is 9.69 Å². The van der Waals surface area contributed by atoms with Crippen LogP contribution >= 0.6 is 11.6 Å². The average Bonchev–Trinajstić information content (AvgIpc) is 2.50. The zero-order valence-electron chi connectivity index (χ0n) is 13.0. The highest BCUT2D eigenvalue weighted by Gasteiger charge is 2.10. The van der Waals surface area contributed by atoms with E-state index in [4.69, 9.17) is 16.3 Å². The Morgan fingerprint density at radius 1 is 1.30 bits per heavy atom. The van der Waals surface area contributed by atoms with E-state index >= 15 is 0 Å². The number of rotatable bonds is 6. The number of likely N-dealkylation sites (N-methyl/N-ethyl adjacent to an activating group) is 1. The lowest BCUT2D eigenvalue weighted by atomic mass is 10.2. The first-order valence-electron chi connectivity index (χ1n) is 7.04. The quantitative estimate of drug-likeness (QED) is 0.877. The second-order valence-electron chi connectivity index (χ2n) is 5.19. The molecule has 0 aliphatic carbocycles. The summed E-state index contributed by atoms with van der Waals surface area (Å²) in [6, 6.07) is 11.4. The first-order chi connectivity index (χ1) is 11.0. The number of amides is 1. The summed E-state index contributed by atoms with van der Waals surface area (Å²) in [6.07, 6.45) is 0. The highest BCUT2D eigenvalue weighted by molar-refractivity contribution is 6.31. The van der Waals surface area contributed by atoms with Gasteiger partial charge in [0.15, 0.2) is 0 Å². The van der Waals surface area contributed by atoms with Crippen LogP contribution < -0.4 is 10.1 Å². The lowest BCUT2D eigenvalue weighted by molar-refractivity contribution is -0.117. The topological polar surface area (TPSA) is 41.6 Å². The predicted molar refractivity (Wildman–Crippen MR) is 89.4 cm³/mol. The Hall–Kier alpha value is -2.11. The monoisotopic (exact) mass is 336 g/mol. The maximum atomic E-state index is 13.0. The second kappa shape index (κ2) is 7.94. The molecule has 0 radical (unpaired) electrons. The van der Waals surface area contributed by atoms with Crippen molar-refractivity contribution in [2.45, 2.75) is 6.54 Å². The molecule has 0 unspecified atom stereocenters. The van der Waals surface area contributed by atoms with E-state index in [0.717, 1.165) is 5.56 Å². The van der Waals surface area contributed by atoms with Gasteiger partial charge in [0.25, 0.3) is 0 Å². The van der Waals surface area contributed by atoms with Gasteiger partial charge in [-0.05, 0) is 36.9 Å². The number of carbonyl (C=O) groups excluding carboxylic acids is 1. The van der Waals surface area contributed by atoms with Crippen LogP contribution in [0.3, 0.4) is 0 Å². The third-order valence-electron chi connectivity index (χ3n) is 3.22. The molecule has 0 aliphatic rings. The minimum Gasteiger partial charge on any atom is -0.497 e. The molecule has 0 bridgehead atoms. The van der Waals surface area contributed by atoms with E-state index in [1.165, 1.54) is 12.1 Å². The summed E-state index contributed by atoms with van der Waals surface area (Å²) in [6.45, 7) is 0.634. The van der Waals surface area contributed by atoms with E-state index in [9.17, 15) is 9.18 Å². The van der Waals surface area contributed by atoms with Crippen molar-refractivity contribution < 1.29 is 13.9 Å². The molecule has 23 heavy (non-hydrogen) atoms. The van der Waals surface area contributed by atoms with Crippen molar-refractivity contribution in [1.82, 2.24) is 4.90 Å². The van der Waals surface area contributed by atoms with Crippen LogP contribution in [0.2, 0.25) is 5.02 Å². The van der Waals surface area contributed by atoms with Crippen LogP contribution in [0.25, 0.3) is 0 Å². The van der Waals surface area contributed by atoms with Crippen molar-refractivity contribution in [3.8, 4) is 5.75 Å². The number of hydrogen-bond acceptors (Lipinski definition) is 3. The number of hydrogen-bond donors (Lipinski definition) is 1. The van der Waals surface area contributed by atoms with E-state index in [1.54, 1.807) is 49.4 Å². The third kappa shape index (κ3) is 5.23. The van der Waals surface area contributed by atoms with Gasteiger partial charge in [0.1, 0.15) is 11.6 Å². The van der Waals surface area contributed by atoms with Crippen molar-refractivity contribution in [1.29, 1.82) is 0 Å². The van der Waals surface area contributed by atoms with Crippen LogP contribution in [0.5, 0.6) is 5.75 Å². The number of anilines is 1.